The predicted molar refractivity (Wildman–Crippen MR) is 92.3 cm³/mol. The highest BCUT2D eigenvalue weighted by Crippen LogP contribution is 2.29. The summed E-state index contributed by atoms with van der Waals surface area (Å²) >= 11 is 0. The largest absolute Gasteiger partial charge is 0.448 e. The minimum absolute atomic E-state index is 0.0439. The lowest BCUT2D eigenvalue weighted by Crippen LogP contribution is -2.54. The quantitative estimate of drug-likeness (QED) is 0.743. The summed E-state index contributed by atoms with van der Waals surface area (Å²) in [4.78, 5) is 65.7. The molecule has 1 fully saturated rings. The van der Waals surface area contributed by atoms with E-state index >= 15 is 0 Å². The first-order valence-corrected chi connectivity index (χ1v) is 8.44. The Kier molecular flexibility index (Phi) is 4.03. The summed E-state index contributed by atoms with van der Waals surface area (Å²) < 4.78 is 4.99. The maximum absolute atomic E-state index is 12.7. The van der Waals surface area contributed by atoms with Crippen LogP contribution in [0.4, 0.5) is 5.69 Å². The number of carbonyl (C=O) groups excluding carboxylic acids is 5. The highest BCUT2D eigenvalue weighted by atomic mass is 16.3. The van der Waals surface area contributed by atoms with E-state index in [2.05, 4.69) is 15.6 Å². The van der Waals surface area contributed by atoms with Gasteiger partial charge >= 0.3 is 0 Å². The van der Waals surface area contributed by atoms with Crippen LogP contribution in [0, 0.1) is 6.92 Å². The summed E-state index contributed by atoms with van der Waals surface area (Å²) in [6.07, 6.45) is 1.32. The molecule has 1 unspecified atom stereocenters. The van der Waals surface area contributed by atoms with Crippen molar-refractivity contribution < 1.29 is 28.4 Å². The fraction of sp³-hybridized carbons (Fsp3) is 0.222. The molecule has 2 N–H and O–H groups in total. The van der Waals surface area contributed by atoms with Crippen LogP contribution in [-0.2, 0) is 9.59 Å². The summed E-state index contributed by atoms with van der Waals surface area (Å²) in [7, 11) is 0. The number of oxazole rings is 1. The van der Waals surface area contributed by atoms with Gasteiger partial charge in [-0.05, 0) is 24.6 Å². The number of piperidine rings is 1. The van der Waals surface area contributed by atoms with Crippen LogP contribution >= 0.6 is 0 Å². The number of benzene rings is 1. The molecule has 1 aromatic heterocycles. The van der Waals surface area contributed by atoms with E-state index in [1.807, 2.05) is 0 Å². The molecule has 1 aromatic carbocycles. The second-order valence-corrected chi connectivity index (χ2v) is 6.41. The van der Waals surface area contributed by atoms with Crippen molar-refractivity contribution in [3.8, 4) is 0 Å². The second kappa shape index (κ2) is 6.41. The molecule has 10 nitrogen and oxygen atoms in total. The van der Waals surface area contributed by atoms with Gasteiger partial charge in [-0.25, -0.2) is 4.98 Å². The molecule has 0 bridgehead atoms. The predicted octanol–water partition coefficient (Wildman–Crippen LogP) is 0.637. The van der Waals surface area contributed by atoms with Gasteiger partial charge in [0.15, 0.2) is 11.6 Å². The van der Waals surface area contributed by atoms with Gasteiger partial charge in [0.1, 0.15) is 12.3 Å². The van der Waals surface area contributed by atoms with Gasteiger partial charge in [-0.3, -0.25) is 34.2 Å². The number of fused-ring (bicyclic) bond motifs is 1. The topological polar surface area (TPSA) is 139 Å². The maximum atomic E-state index is 12.7. The minimum atomic E-state index is -1.04. The molecule has 1 saturated heterocycles. The zero-order valence-electron chi connectivity index (χ0n) is 14.6. The molecule has 0 aliphatic carbocycles. The lowest BCUT2D eigenvalue weighted by Gasteiger charge is -2.27. The number of aryl methyl sites for hydroxylation is 1. The molecular formula is C18H14N4O6. The van der Waals surface area contributed by atoms with Crippen molar-refractivity contribution in [1.82, 2.24) is 15.2 Å². The molecule has 3 heterocycles. The summed E-state index contributed by atoms with van der Waals surface area (Å²) in [5, 5.41) is 4.71. The Bertz CT molecular complexity index is 1060. The molecule has 28 heavy (non-hydrogen) atoms. The van der Waals surface area contributed by atoms with Crippen molar-refractivity contribution in [2.75, 3.05) is 5.32 Å². The van der Waals surface area contributed by atoms with E-state index in [0.29, 0.717) is 5.89 Å². The third kappa shape index (κ3) is 2.84. The first-order chi connectivity index (χ1) is 13.3. The fourth-order valence-corrected chi connectivity index (χ4v) is 3.21. The third-order valence-electron chi connectivity index (χ3n) is 4.55. The van der Waals surface area contributed by atoms with E-state index in [4.69, 9.17) is 4.42 Å². The van der Waals surface area contributed by atoms with Gasteiger partial charge in [0.25, 0.3) is 17.7 Å². The zero-order chi connectivity index (χ0) is 20.0. The van der Waals surface area contributed by atoms with Gasteiger partial charge in [0, 0.05) is 19.0 Å². The van der Waals surface area contributed by atoms with Crippen molar-refractivity contribution in [3.05, 3.63) is 47.2 Å². The van der Waals surface area contributed by atoms with Crippen LogP contribution in [-0.4, -0.2) is 45.5 Å². The molecule has 2 aromatic rings. The van der Waals surface area contributed by atoms with E-state index in [9.17, 15) is 24.0 Å². The van der Waals surface area contributed by atoms with Crippen molar-refractivity contribution in [2.24, 2.45) is 0 Å². The first-order valence-electron chi connectivity index (χ1n) is 8.44. The number of rotatable bonds is 3. The van der Waals surface area contributed by atoms with Crippen LogP contribution in [0.25, 0.3) is 0 Å². The van der Waals surface area contributed by atoms with Crippen LogP contribution in [0.1, 0.15) is 49.9 Å². The van der Waals surface area contributed by atoms with Crippen molar-refractivity contribution in [3.63, 3.8) is 0 Å². The maximum Gasteiger partial charge on any atom is 0.277 e. The molecule has 0 spiro atoms. The standard InChI is InChI=1S/C18H14N4O6/c1-8-19-12(7-28-8)15(24)20-9-2-3-10-11(6-9)18(27)22(17(10)26)13-4-5-14(23)21-16(13)25/h2-3,6-7,13H,4-5H2,1H3,(H,20,24)(H,21,23,25). The molecule has 10 heteroatoms. The van der Waals surface area contributed by atoms with Crippen LogP contribution in [0.3, 0.4) is 0 Å². The van der Waals surface area contributed by atoms with E-state index in [0.717, 1.165) is 4.90 Å². The molecule has 142 valence electrons. The molecular weight excluding hydrogens is 368 g/mol. The summed E-state index contributed by atoms with van der Waals surface area (Å²) in [5.41, 5.74) is 0.565. The van der Waals surface area contributed by atoms with Gasteiger partial charge < -0.3 is 9.73 Å². The molecule has 0 saturated carbocycles. The molecule has 0 radical (unpaired) electrons. The lowest BCUT2D eigenvalue weighted by atomic mass is 10.0. The van der Waals surface area contributed by atoms with Gasteiger partial charge in [-0.2, -0.15) is 0 Å². The SMILES string of the molecule is Cc1nc(C(=O)Nc2ccc3c(c2)C(=O)N(C2CCC(=O)NC2=O)C3=O)co1. The van der Waals surface area contributed by atoms with Gasteiger partial charge in [-0.1, -0.05) is 0 Å². The molecule has 5 amide bonds. The first kappa shape index (κ1) is 17.6. The highest BCUT2D eigenvalue weighted by Gasteiger charge is 2.44. The van der Waals surface area contributed by atoms with Gasteiger partial charge in [-0.15, -0.1) is 0 Å². The number of carbonyl (C=O) groups is 5. The van der Waals surface area contributed by atoms with Crippen LogP contribution < -0.4 is 10.6 Å². The molecule has 2 aliphatic heterocycles. The van der Waals surface area contributed by atoms with Crippen LogP contribution in [0.2, 0.25) is 0 Å². The van der Waals surface area contributed by atoms with E-state index < -0.39 is 35.6 Å². The van der Waals surface area contributed by atoms with Gasteiger partial charge in [0.05, 0.1) is 11.1 Å². The van der Waals surface area contributed by atoms with Crippen LogP contribution in [0.15, 0.2) is 28.9 Å². The third-order valence-corrected chi connectivity index (χ3v) is 4.55. The molecule has 2 aliphatic rings. The fourth-order valence-electron chi connectivity index (χ4n) is 3.21. The Balaban J connectivity index is 1.58. The highest BCUT2D eigenvalue weighted by molar-refractivity contribution is 6.24. The number of imide groups is 2. The normalized spacial score (nSPS) is 18.9. The monoisotopic (exact) mass is 382 g/mol. The smallest absolute Gasteiger partial charge is 0.277 e. The Morgan fingerprint density at radius 3 is 2.64 bits per heavy atom. The number of amides is 5. The number of anilines is 1. The number of hydrogen-bond acceptors (Lipinski definition) is 7. The van der Waals surface area contributed by atoms with E-state index in [1.54, 1.807) is 6.92 Å². The summed E-state index contributed by atoms with van der Waals surface area (Å²) in [5.74, 6) is -2.58. The van der Waals surface area contributed by atoms with Gasteiger partial charge in [0.2, 0.25) is 11.8 Å². The number of hydrogen-bond donors (Lipinski definition) is 2. The minimum Gasteiger partial charge on any atom is -0.448 e. The van der Waals surface area contributed by atoms with Crippen molar-refractivity contribution in [1.29, 1.82) is 0 Å². The Morgan fingerprint density at radius 2 is 1.96 bits per heavy atom. The number of nitrogens with one attached hydrogen (secondary N) is 2. The van der Waals surface area contributed by atoms with Crippen molar-refractivity contribution >= 4 is 35.2 Å². The zero-order valence-corrected chi connectivity index (χ0v) is 14.6. The average molecular weight is 382 g/mol. The van der Waals surface area contributed by atoms with E-state index in [1.165, 1.54) is 24.5 Å². The Morgan fingerprint density at radius 1 is 1.21 bits per heavy atom. The van der Waals surface area contributed by atoms with Crippen LogP contribution in [0.5, 0.6) is 0 Å². The molecule has 4 rings (SSSR count). The second-order valence-electron chi connectivity index (χ2n) is 6.41. The number of nitrogens with zero attached hydrogens (tertiary/aromatic N) is 2. The summed E-state index contributed by atoms with van der Waals surface area (Å²) in [6.45, 7) is 1.60. The van der Waals surface area contributed by atoms with E-state index in [-0.39, 0.29) is 35.3 Å². The van der Waals surface area contributed by atoms with Crippen molar-refractivity contribution in [2.45, 2.75) is 25.8 Å². The molecule has 1 atom stereocenters. The Labute approximate surface area is 157 Å². The average Bonchev–Trinajstić information content (AvgIpc) is 3.18. The summed E-state index contributed by atoms with van der Waals surface area (Å²) in [6, 6.07) is 3.21. The lowest BCUT2D eigenvalue weighted by molar-refractivity contribution is -0.136. The number of aromatic nitrogens is 1. The Hall–Kier alpha value is -3.82.